The number of hydrogen-bond donors (Lipinski definition) is 2. The first kappa shape index (κ1) is 11.9. The van der Waals surface area contributed by atoms with E-state index in [1.807, 2.05) is 0 Å². The van der Waals surface area contributed by atoms with Crippen molar-refractivity contribution < 1.29 is 4.74 Å². The molecular weight excluding hydrogens is 152 g/mol. The lowest BCUT2D eigenvalue weighted by Gasteiger charge is -2.26. The van der Waals surface area contributed by atoms with Crippen molar-refractivity contribution in [3.05, 3.63) is 0 Å². The molecular formula is C9H22N2O. The van der Waals surface area contributed by atoms with Gasteiger partial charge in [0.15, 0.2) is 0 Å². The molecule has 0 aromatic heterocycles. The Balaban J connectivity index is 3.45. The zero-order chi connectivity index (χ0) is 9.45. The number of rotatable bonds is 7. The van der Waals surface area contributed by atoms with Crippen LogP contribution in [0.1, 0.15) is 20.3 Å². The Kier molecular flexibility index (Phi) is 6.34. The van der Waals surface area contributed by atoms with Gasteiger partial charge in [-0.25, -0.2) is 0 Å². The van der Waals surface area contributed by atoms with Gasteiger partial charge in [0.1, 0.15) is 0 Å². The predicted octanol–water partition coefficient (Wildman–Crippen LogP) is 0.597. The van der Waals surface area contributed by atoms with Gasteiger partial charge in [0, 0.05) is 20.2 Å². The molecule has 0 rings (SSSR count). The van der Waals surface area contributed by atoms with E-state index in [9.17, 15) is 0 Å². The van der Waals surface area contributed by atoms with Crippen molar-refractivity contribution in [2.45, 2.75) is 20.3 Å². The van der Waals surface area contributed by atoms with Crippen molar-refractivity contribution in [2.24, 2.45) is 11.1 Å². The summed E-state index contributed by atoms with van der Waals surface area (Å²) in [6, 6.07) is 0. The molecule has 0 radical (unpaired) electrons. The first-order chi connectivity index (χ1) is 5.68. The van der Waals surface area contributed by atoms with Crippen molar-refractivity contribution in [1.29, 1.82) is 0 Å². The van der Waals surface area contributed by atoms with E-state index < -0.39 is 0 Å². The van der Waals surface area contributed by atoms with Crippen LogP contribution in [-0.4, -0.2) is 33.4 Å². The molecule has 3 nitrogen and oxygen atoms in total. The van der Waals surface area contributed by atoms with Crippen LogP contribution < -0.4 is 11.1 Å². The van der Waals surface area contributed by atoms with Crippen LogP contribution in [0, 0.1) is 5.41 Å². The number of nitrogens with one attached hydrogen (secondary N) is 1. The molecule has 0 aromatic carbocycles. The highest BCUT2D eigenvalue weighted by molar-refractivity contribution is 4.75. The highest BCUT2D eigenvalue weighted by Crippen LogP contribution is 2.16. The van der Waals surface area contributed by atoms with Crippen LogP contribution in [0.5, 0.6) is 0 Å². The molecule has 0 fully saturated rings. The molecule has 0 saturated heterocycles. The zero-order valence-corrected chi connectivity index (χ0v) is 8.52. The minimum Gasteiger partial charge on any atom is -0.383 e. The van der Waals surface area contributed by atoms with Crippen LogP contribution in [0.3, 0.4) is 0 Å². The van der Waals surface area contributed by atoms with Gasteiger partial charge in [0.05, 0.1) is 6.61 Å². The van der Waals surface area contributed by atoms with Gasteiger partial charge < -0.3 is 15.8 Å². The Bertz CT molecular complexity index is 103. The third-order valence-corrected chi connectivity index (χ3v) is 2.38. The predicted molar refractivity (Wildman–Crippen MR) is 52.2 cm³/mol. The van der Waals surface area contributed by atoms with E-state index in [1.165, 1.54) is 0 Å². The molecule has 0 saturated carbocycles. The Hall–Kier alpha value is -0.120. The molecule has 1 atom stereocenters. The first-order valence-electron chi connectivity index (χ1n) is 4.58. The SMILES string of the molecule is CCC(C)(CN)CNCCOC. The molecule has 0 amide bonds. The lowest BCUT2D eigenvalue weighted by molar-refractivity contribution is 0.192. The molecule has 3 heteroatoms. The molecule has 0 aliphatic heterocycles. The van der Waals surface area contributed by atoms with Crippen molar-refractivity contribution in [3.63, 3.8) is 0 Å². The van der Waals surface area contributed by atoms with E-state index in [0.717, 1.165) is 32.7 Å². The highest BCUT2D eigenvalue weighted by atomic mass is 16.5. The van der Waals surface area contributed by atoms with Gasteiger partial charge in [-0.3, -0.25) is 0 Å². The molecule has 0 heterocycles. The number of nitrogens with two attached hydrogens (primary N) is 1. The van der Waals surface area contributed by atoms with Crippen LogP contribution in [0.15, 0.2) is 0 Å². The van der Waals surface area contributed by atoms with Crippen LogP contribution >= 0.6 is 0 Å². The fraction of sp³-hybridized carbons (Fsp3) is 1.00. The van der Waals surface area contributed by atoms with Gasteiger partial charge in [0.25, 0.3) is 0 Å². The number of methoxy groups -OCH3 is 1. The van der Waals surface area contributed by atoms with Crippen molar-refractivity contribution in [3.8, 4) is 0 Å². The largest absolute Gasteiger partial charge is 0.383 e. The maximum absolute atomic E-state index is 5.66. The van der Waals surface area contributed by atoms with Gasteiger partial charge in [0.2, 0.25) is 0 Å². The molecule has 0 aromatic rings. The maximum atomic E-state index is 5.66. The fourth-order valence-corrected chi connectivity index (χ4v) is 0.906. The summed E-state index contributed by atoms with van der Waals surface area (Å²) >= 11 is 0. The minimum atomic E-state index is 0.244. The third-order valence-electron chi connectivity index (χ3n) is 2.38. The van der Waals surface area contributed by atoms with Crippen molar-refractivity contribution >= 4 is 0 Å². The summed E-state index contributed by atoms with van der Waals surface area (Å²) in [6.45, 7) is 7.76. The van der Waals surface area contributed by atoms with Crippen molar-refractivity contribution in [1.82, 2.24) is 5.32 Å². The van der Waals surface area contributed by atoms with Gasteiger partial charge in [-0.05, 0) is 18.4 Å². The summed E-state index contributed by atoms with van der Waals surface area (Å²) in [5.41, 5.74) is 5.90. The second-order valence-electron chi connectivity index (χ2n) is 3.54. The summed E-state index contributed by atoms with van der Waals surface area (Å²) in [5, 5.41) is 3.32. The molecule has 3 N–H and O–H groups in total. The number of hydrogen-bond acceptors (Lipinski definition) is 3. The number of ether oxygens (including phenoxy) is 1. The molecule has 1 unspecified atom stereocenters. The van der Waals surface area contributed by atoms with Crippen molar-refractivity contribution in [2.75, 3.05) is 33.4 Å². The van der Waals surface area contributed by atoms with Gasteiger partial charge in [-0.1, -0.05) is 13.8 Å². The summed E-state index contributed by atoms with van der Waals surface area (Å²) in [7, 11) is 1.71. The third kappa shape index (κ3) is 4.70. The summed E-state index contributed by atoms with van der Waals surface area (Å²) < 4.78 is 4.93. The Labute approximate surface area is 75.7 Å². The van der Waals surface area contributed by atoms with Crippen LogP contribution in [0.2, 0.25) is 0 Å². The van der Waals surface area contributed by atoms with Gasteiger partial charge in [-0.15, -0.1) is 0 Å². The quantitative estimate of drug-likeness (QED) is 0.556. The van der Waals surface area contributed by atoms with Crippen LogP contribution in [-0.2, 0) is 4.74 Å². The topological polar surface area (TPSA) is 47.3 Å². The Morgan fingerprint density at radius 3 is 2.58 bits per heavy atom. The van der Waals surface area contributed by atoms with E-state index in [0.29, 0.717) is 0 Å². The molecule has 12 heavy (non-hydrogen) atoms. The summed E-state index contributed by atoms with van der Waals surface area (Å²) in [6.07, 6.45) is 1.11. The first-order valence-corrected chi connectivity index (χ1v) is 4.58. The van der Waals surface area contributed by atoms with Crippen LogP contribution in [0.4, 0.5) is 0 Å². The second kappa shape index (κ2) is 6.40. The molecule has 74 valence electrons. The van der Waals surface area contributed by atoms with E-state index in [1.54, 1.807) is 7.11 Å². The van der Waals surface area contributed by atoms with Gasteiger partial charge in [-0.2, -0.15) is 0 Å². The maximum Gasteiger partial charge on any atom is 0.0587 e. The van der Waals surface area contributed by atoms with Crippen LogP contribution in [0.25, 0.3) is 0 Å². The van der Waals surface area contributed by atoms with Gasteiger partial charge >= 0.3 is 0 Å². The zero-order valence-electron chi connectivity index (χ0n) is 8.52. The normalized spacial score (nSPS) is 16.0. The average Bonchev–Trinajstić information content (AvgIpc) is 2.12. The average molecular weight is 174 g/mol. The monoisotopic (exact) mass is 174 g/mol. The lowest BCUT2D eigenvalue weighted by Crippen LogP contribution is -2.38. The molecule has 0 aliphatic carbocycles. The Morgan fingerprint density at radius 1 is 1.50 bits per heavy atom. The minimum absolute atomic E-state index is 0.244. The Morgan fingerprint density at radius 2 is 2.17 bits per heavy atom. The molecule has 0 bridgehead atoms. The summed E-state index contributed by atoms with van der Waals surface area (Å²) in [4.78, 5) is 0. The standard InChI is InChI=1S/C9H22N2O/c1-4-9(2,7-10)8-11-5-6-12-3/h11H,4-8,10H2,1-3H3. The molecule has 0 aliphatic rings. The van der Waals surface area contributed by atoms with E-state index in [4.69, 9.17) is 10.5 Å². The lowest BCUT2D eigenvalue weighted by atomic mass is 9.88. The highest BCUT2D eigenvalue weighted by Gasteiger charge is 2.18. The molecule has 0 spiro atoms. The van der Waals surface area contributed by atoms with E-state index in [-0.39, 0.29) is 5.41 Å². The second-order valence-corrected chi connectivity index (χ2v) is 3.54. The van der Waals surface area contributed by atoms with E-state index in [2.05, 4.69) is 19.2 Å². The summed E-state index contributed by atoms with van der Waals surface area (Å²) in [5.74, 6) is 0. The smallest absolute Gasteiger partial charge is 0.0587 e. The van der Waals surface area contributed by atoms with E-state index >= 15 is 0 Å². The fourth-order valence-electron chi connectivity index (χ4n) is 0.906.